The third kappa shape index (κ3) is 3.89. The summed E-state index contributed by atoms with van der Waals surface area (Å²) in [6.07, 6.45) is 3.70. The van der Waals surface area contributed by atoms with Crippen LogP contribution in [0.5, 0.6) is 0 Å². The Morgan fingerprint density at radius 3 is 2.68 bits per heavy atom. The van der Waals surface area contributed by atoms with E-state index in [9.17, 15) is 13.2 Å². The molecule has 0 amide bonds. The first-order chi connectivity index (χ1) is 9.12. The molecule has 1 saturated heterocycles. The minimum absolute atomic E-state index is 0.0115. The molecule has 1 N–H and O–H groups in total. The molecule has 0 atom stereocenters. The maximum atomic E-state index is 11.8. The minimum Gasteiger partial charge on any atom is -0.440 e. The fourth-order valence-electron chi connectivity index (χ4n) is 2.13. The van der Waals surface area contributed by atoms with Gasteiger partial charge in [-0.3, -0.25) is 4.79 Å². The maximum Gasteiger partial charge on any atom is 0.273 e. The van der Waals surface area contributed by atoms with Crippen LogP contribution in [0.1, 0.15) is 29.8 Å². The first-order valence-corrected chi connectivity index (χ1v) is 7.87. The van der Waals surface area contributed by atoms with Crippen molar-refractivity contribution >= 4 is 16.3 Å². The van der Waals surface area contributed by atoms with Crippen LogP contribution in [0.15, 0.2) is 21.6 Å². The molecule has 0 spiro atoms. The third-order valence-corrected chi connectivity index (χ3v) is 4.46. The molecule has 2 rings (SSSR count). The molecule has 7 heteroatoms. The Kier molecular flexibility index (Phi) is 4.73. The van der Waals surface area contributed by atoms with E-state index in [1.54, 1.807) is 0 Å². The van der Waals surface area contributed by atoms with Crippen molar-refractivity contribution in [3.63, 3.8) is 0 Å². The van der Waals surface area contributed by atoms with Crippen LogP contribution in [0, 0.1) is 0 Å². The molecule has 2 heterocycles. The Morgan fingerprint density at radius 2 is 2.05 bits per heavy atom. The minimum atomic E-state index is -3.64. The normalized spacial score (nSPS) is 16.8. The van der Waals surface area contributed by atoms with E-state index in [1.165, 1.54) is 25.0 Å². The molecule has 0 aliphatic carbocycles. The molecule has 6 nitrogen and oxygen atoms in total. The second-order valence-corrected chi connectivity index (χ2v) is 6.27. The summed E-state index contributed by atoms with van der Waals surface area (Å²) in [5.41, 5.74) is 0. The number of hydrogen-bond acceptors (Lipinski definition) is 5. The molecule has 1 fully saturated rings. The van der Waals surface area contributed by atoms with Gasteiger partial charge in [0.15, 0.2) is 12.0 Å². The number of carbonyl (C=O) groups is 1. The molecule has 1 aromatic rings. The Balaban J connectivity index is 1.78. The molecule has 0 bridgehead atoms. The monoisotopic (exact) mass is 286 g/mol. The van der Waals surface area contributed by atoms with Crippen molar-refractivity contribution < 1.29 is 17.6 Å². The van der Waals surface area contributed by atoms with Gasteiger partial charge in [0.1, 0.15) is 0 Å². The van der Waals surface area contributed by atoms with Crippen LogP contribution in [0.25, 0.3) is 0 Å². The highest BCUT2D eigenvalue weighted by Crippen LogP contribution is 2.12. The average Bonchev–Trinajstić information content (AvgIpc) is 3.05. The van der Waals surface area contributed by atoms with E-state index in [-0.39, 0.29) is 10.9 Å². The first kappa shape index (κ1) is 14.2. The number of furan rings is 1. The van der Waals surface area contributed by atoms with E-state index in [0.717, 1.165) is 26.1 Å². The zero-order valence-corrected chi connectivity index (χ0v) is 11.5. The molecule has 0 unspecified atom stereocenters. The Labute approximate surface area is 112 Å². The number of nitrogens with zero attached hydrogens (tertiary/aromatic N) is 1. The summed E-state index contributed by atoms with van der Waals surface area (Å²) in [4.78, 5) is 12.8. The SMILES string of the molecule is O=Cc1ccc(S(=O)(=O)NCCCN2CCCC2)o1. The van der Waals surface area contributed by atoms with Crippen LogP contribution >= 0.6 is 0 Å². The van der Waals surface area contributed by atoms with Crippen molar-refractivity contribution in [2.45, 2.75) is 24.4 Å². The zero-order valence-electron chi connectivity index (χ0n) is 10.7. The van der Waals surface area contributed by atoms with Crippen molar-refractivity contribution in [3.05, 3.63) is 17.9 Å². The molecule has 1 aliphatic rings. The van der Waals surface area contributed by atoms with Crippen LogP contribution in [-0.4, -0.2) is 45.8 Å². The predicted molar refractivity (Wildman–Crippen MR) is 69.6 cm³/mol. The summed E-state index contributed by atoms with van der Waals surface area (Å²) in [5.74, 6) is 0.0115. The molecule has 0 aromatic carbocycles. The van der Waals surface area contributed by atoms with Gasteiger partial charge in [0.05, 0.1) is 0 Å². The molecule has 1 aliphatic heterocycles. The highest BCUT2D eigenvalue weighted by molar-refractivity contribution is 7.89. The smallest absolute Gasteiger partial charge is 0.273 e. The van der Waals surface area contributed by atoms with Crippen molar-refractivity contribution in [2.24, 2.45) is 0 Å². The Hall–Kier alpha value is -1.18. The summed E-state index contributed by atoms with van der Waals surface area (Å²) < 4.78 is 31.0. The van der Waals surface area contributed by atoms with Gasteiger partial charge in [0.25, 0.3) is 10.0 Å². The quantitative estimate of drug-likeness (QED) is 0.594. The van der Waals surface area contributed by atoms with Gasteiger partial charge in [-0.05, 0) is 51.0 Å². The highest BCUT2D eigenvalue weighted by atomic mass is 32.2. The lowest BCUT2D eigenvalue weighted by Gasteiger charge is -2.13. The number of nitrogens with one attached hydrogen (secondary N) is 1. The van der Waals surface area contributed by atoms with Gasteiger partial charge < -0.3 is 9.32 Å². The van der Waals surface area contributed by atoms with Crippen molar-refractivity contribution in [2.75, 3.05) is 26.2 Å². The summed E-state index contributed by atoms with van der Waals surface area (Å²) in [6, 6.07) is 2.62. The number of aldehydes is 1. The van der Waals surface area contributed by atoms with Gasteiger partial charge in [-0.2, -0.15) is 0 Å². The van der Waals surface area contributed by atoms with E-state index < -0.39 is 10.0 Å². The molecule has 0 saturated carbocycles. The molecular formula is C12H18N2O4S. The lowest BCUT2D eigenvalue weighted by molar-refractivity contribution is 0.109. The second kappa shape index (κ2) is 6.31. The van der Waals surface area contributed by atoms with Gasteiger partial charge in [0, 0.05) is 6.54 Å². The number of hydrogen-bond donors (Lipinski definition) is 1. The fourth-order valence-corrected chi connectivity index (χ4v) is 3.14. The third-order valence-electron chi connectivity index (χ3n) is 3.13. The van der Waals surface area contributed by atoms with Crippen LogP contribution < -0.4 is 4.72 Å². The maximum absolute atomic E-state index is 11.8. The van der Waals surface area contributed by atoms with Crippen LogP contribution in [-0.2, 0) is 10.0 Å². The summed E-state index contributed by atoms with van der Waals surface area (Å²) in [7, 11) is -3.64. The number of sulfonamides is 1. The van der Waals surface area contributed by atoms with E-state index in [2.05, 4.69) is 9.62 Å². The van der Waals surface area contributed by atoms with E-state index in [0.29, 0.717) is 12.8 Å². The molecule has 19 heavy (non-hydrogen) atoms. The summed E-state index contributed by atoms with van der Waals surface area (Å²) in [6.45, 7) is 3.48. The Morgan fingerprint density at radius 1 is 1.32 bits per heavy atom. The number of rotatable bonds is 7. The van der Waals surface area contributed by atoms with E-state index in [1.807, 2.05) is 0 Å². The fraction of sp³-hybridized carbons (Fsp3) is 0.583. The highest BCUT2D eigenvalue weighted by Gasteiger charge is 2.18. The average molecular weight is 286 g/mol. The summed E-state index contributed by atoms with van der Waals surface area (Å²) in [5, 5.41) is -0.212. The zero-order chi connectivity index (χ0) is 13.7. The number of likely N-dealkylation sites (tertiary alicyclic amines) is 1. The van der Waals surface area contributed by atoms with Gasteiger partial charge >= 0.3 is 0 Å². The largest absolute Gasteiger partial charge is 0.440 e. The van der Waals surface area contributed by atoms with Crippen molar-refractivity contribution in [1.82, 2.24) is 9.62 Å². The van der Waals surface area contributed by atoms with Crippen LogP contribution in [0.3, 0.4) is 0 Å². The van der Waals surface area contributed by atoms with Crippen molar-refractivity contribution in [3.8, 4) is 0 Å². The topological polar surface area (TPSA) is 79.6 Å². The second-order valence-electron chi connectivity index (χ2n) is 4.57. The van der Waals surface area contributed by atoms with Gasteiger partial charge in [0.2, 0.25) is 5.09 Å². The lowest BCUT2D eigenvalue weighted by atomic mass is 10.4. The standard InChI is InChI=1S/C12H18N2O4S/c15-10-11-4-5-12(18-11)19(16,17)13-6-3-9-14-7-1-2-8-14/h4-5,10,13H,1-3,6-9H2. The predicted octanol–water partition coefficient (Wildman–Crippen LogP) is 0.856. The van der Waals surface area contributed by atoms with E-state index >= 15 is 0 Å². The first-order valence-electron chi connectivity index (χ1n) is 6.39. The van der Waals surface area contributed by atoms with E-state index in [4.69, 9.17) is 4.42 Å². The Bertz CT molecular complexity index is 518. The molecule has 0 radical (unpaired) electrons. The van der Waals surface area contributed by atoms with Gasteiger partial charge in [-0.15, -0.1) is 0 Å². The molecule has 1 aromatic heterocycles. The van der Waals surface area contributed by atoms with Gasteiger partial charge in [-0.25, -0.2) is 13.1 Å². The van der Waals surface area contributed by atoms with Crippen molar-refractivity contribution in [1.29, 1.82) is 0 Å². The van der Waals surface area contributed by atoms with Crippen LogP contribution in [0.2, 0.25) is 0 Å². The lowest BCUT2D eigenvalue weighted by Crippen LogP contribution is -2.28. The van der Waals surface area contributed by atoms with Gasteiger partial charge in [-0.1, -0.05) is 0 Å². The summed E-state index contributed by atoms with van der Waals surface area (Å²) >= 11 is 0. The number of carbonyl (C=O) groups excluding carboxylic acids is 1. The molecule has 106 valence electrons. The molecular weight excluding hydrogens is 268 g/mol. The van der Waals surface area contributed by atoms with Crippen LogP contribution in [0.4, 0.5) is 0 Å².